The Bertz CT molecular complexity index is 2270. The van der Waals surface area contributed by atoms with Gasteiger partial charge < -0.3 is 14.8 Å². The fraction of sp³-hybridized carbons (Fsp3) is 0.276. The van der Waals surface area contributed by atoms with Gasteiger partial charge >= 0.3 is 0 Å². The van der Waals surface area contributed by atoms with E-state index in [0.29, 0.717) is 0 Å². The highest BCUT2D eigenvalue weighted by Gasteiger charge is 2.22. The molecule has 0 saturated carbocycles. The monoisotopic (exact) mass is 814 g/mol. The van der Waals surface area contributed by atoms with E-state index in [1.54, 1.807) is 0 Å². The highest BCUT2D eigenvalue weighted by molar-refractivity contribution is 6.11. The average molecular weight is 814 g/mol. The van der Waals surface area contributed by atoms with Crippen LogP contribution in [0.3, 0.4) is 0 Å². The maximum absolute atomic E-state index is 4.43. The number of para-hydroxylation sites is 2. The summed E-state index contributed by atoms with van der Waals surface area (Å²) in [6.45, 7) is 33.3. The maximum atomic E-state index is 4.43. The summed E-state index contributed by atoms with van der Waals surface area (Å²) >= 11 is 0. The van der Waals surface area contributed by atoms with Gasteiger partial charge in [-0.3, -0.25) is 0 Å². The van der Waals surface area contributed by atoms with Crippen molar-refractivity contribution >= 4 is 44.5 Å². The molecule has 3 heterocycles. The Morgan fingerprint density at radius 2 is 1.46 bits per heavy atom. The molecule has 2 aliphatic heterocycles. The molecular weight excluding hydrogens is 739 g/mol. The molecule has 3 nitrogen and oxygen atoms in total. The van der Waals surface area contributed by atoms with Gasteiger partial charge in [-0.05, 0) is 93.2 Å². The van der Waals surface area contributed by atoms with E-state index in [4.69, 9.17) is 0 Å². The lowest BCUT2D eigenvalue weighted by molar-refractivity contribution is 0.774. The van der Waals surface area contributed by atoms with Crippen LogP contribution in [0.15, 0.2) is 195 Å². The van der Waals surface area contributed by atoms with E-state index in [9.17, 15) is 0 Å². The fourth-order valence-electron chi connectivity index (χ4n) is 7.09. The zero-order valence-electron chi connectivity index (χ0n) is 39.2. The van der Waals surface area contributed by atoms with Crippen molar-refractivity contribution in [2.75, 3.05) is 16.8 Å². The smallest absolute Gasteiger partial charge is 0.0558 e. The highest BCUT2D eigenvalue weighted by Crippen LogP contribution is 2.40. The summed E-state index contributed by atoms with van der Waals surface area (Å²) in [5.74, 6) is 0.270. The number of rotatable bonds is 6. The van der Waals surface area contributed by atoms with E-state index >= 15 is 0 Å². The van der Waals surface area contributed by atoms with Crippen molar-refractivity contribution in [2.45, 2.75) is 94.9 Å². The van der Waals surface area contributed by atoms with Crippen LogP contribution in [-0.2, 0) is 6.42 Å². The number of hydrogen-bond donors (Lipinski definition) is 1. The van der Waals surface area contributed by atoms with Crippen LogP contribution in [0.4, 0.5) is 11.4 Å². The van der Waals surface area contributed by atoms with Gasteiger partial charge in [-0.2, -0.15) is 0 Å². The molecule has 0 amide bonds. The quantitative estimate of drug-likeness (QED) is 0.155. The Morgan fingerprint density at radius 1 is 0.738 bits per heavy atom. The molecule has 4 aliphatic rings. The number of nitrogens with one attached hydrogen (secondary N) is 1. The molecule has 0 radical (unpaired) electrons. The van der Waals surface area contributed by atoms with Crippen LogP contribution in [-0.4, -0.2) is 11.1 Å². The number of aromatic nitrogens is 1. The average Bonchev–Trinajstić information content (AvgIpc) is 3.89. The van der Waals surface area contributed by atoms with Gasteiger partial charge in [-0.25, -0.2) is 0 Å². The van der Waals surface area contributed by atoms with Crippen LogP contribution in [0.5, 0.6) is 0 Å². The molecule has 4 aromatic rings. The summed E-state index contributed by atoms with van der Waals surface area (Å²) in [4.78, 5) is 2.38. The summed E-state index contributed by atoms with van der Waals surface area (Å²) in [6.07, 6.45) is 40.0. The van der Waals surface area contributed by atoms with E-state index in [2.05, 4.69) is 158 Å². The van der Waals surface area contributed by atoms with Gasteiger partial charge in [0.05, 0.1) is 11.0 Å². The first kappa shape index (κ1) is 51.1. The second-order valence-electron chi connectivity index (χ2n) is 13.6. The van der Waals surface area contributed by atoms with Crippen molar-refractivity contribution in [2.24, 2.45) is 5.92 Å². The number of nitrogens with zero attached hydrogens (tertiary/aromatic N) is 2. The number of hydrogen-bond acceptors (Lipinski definition) is 2. The molecular formula is C58H75N3. The van der Waals surface area contributed by atoms with E-state index in [1.165, 1.54) is 50.7 Å². The number of anilines is 2. The van der Waals surface area contributed by atoms with Crippen LogP contribution in [0.1, 0.15) is 99.6 Å². The van der Waals surface area contributed by atoms with Crippen molar-refractivity contribution in [3.63, 3.8) is 0 Å². The fourth-order valence-corrected chi connectivity index (χ4v) is 7.09. The van der Waals surface area contributed by atoms with Crippen LogP contribution in [0.2, 0.25) is 0 Å². The number of benzene rings is 3. The molecule has 322 valence electrons. The molecule has 2 aliphatic carbocycles. The Kier molecular flexibility index (Phi) is 24.5. The van der Waals surface area contributed by atoms with Crippen molar-refractivity contribution in [3.8, 4) is 0 Å². The zero-order valence-corrected chi connectivity index (χ0v) is 39.2. The summed E-state index contributed by atoms with van der Waals surface area (Å²) in [6, 6.07) is 21.7. The van der Waals surface area contributed by atoms with E-state index < -0.39 is 0 Å². The first-order chi connectivity index (χ1) is 30.0. The Balaban J connectivity index is 0.000000388. The summed E-state index contributed by atoms with van der Waals surface area (Å²) in [5.41, 5.74) is 12.3. The van der Waals surface area contributed by atoms with Gasteiger partial charge in [-0.1, -0.05) is 196 Å². The number of fused-ring (bicyclic) bond motifs is 5. The SMILES string of the molecule is C=C/C=C\C(/C=C\C)CN1C(=C)C=CCc2cc3c4ccccc4n(C4=CC=CCC4)c3cc21.C=C1/C=C\C=C/Nc2ccccc21.CC.CC.CC.CC.CC1=CC=CC1. The van der Waals surface area contributed by atoms with Crippen molar-refractivity contribution in [1.29, 1.82) is 0 Å². The highest BCUT2D eigenvalue weighted by atomic mass is 15.1. The summed E-state index contributed by atoms with van der Waals surface area (Å²) in [5, 5.41) is 5.84. The molecule has 0 fully saturated rings. The predicted octanol–water partition coefficient (Wildman–Crippen LogP) is 17.5. The number of allylic oxidation sites excluding steroid dienone is 17. The molecule has 3 heteroatoms. The molecule has 1 aromatic heterocycles. The molecule has 3 aromatic carbocycles. The Morgan fingerprint density at radius 3 is 2.11 bits per heavy atom. The summed E-state index contributed by atoms with van der Waals surface area (Å²) in [7, 11) is 0. The van der Waals surface area contributed by atoms with Gasteiger partial charge in [0.2, 0.25) is 0 Å². The predicted molar refractivity (Wildman–Crippen MR) is 279 cm³/mol. The second-order valence-corrected chi connectivity index (χ2v) is 13.6. The second kappa shape index (κ2) is 29.2. The summed E-state index contributed by atoms with van der Waals surface area (Å²) < 4.78 is 2.47. The van der Waals surface area contributed by atoms with Crippen molar-refractivity contribution in [3.05, 3.63) is 206 Å². The van der Waals surface area contributed by atoms with Crippen LogP contribution in [0, 0.1) is 5.92 Å². The third-order valence-corrected chi connectivity index (χ3v) is 9.74. The largest absolute Gasteiger partial charge is 0.361 e. The molecule has 0 saturated heterocycles. The van der Waals surface area contributed by atoms with E-state index in [-0.39, 0.29) is 5.92 Å². The molecule has 0 spiro atoms. The van der Waals surface area contributed by atoms with Gasteiger partial charge in [0.15, 0.2) is 0 Å². The molecule has 61 heavy (non-hydrogen) atoms. The lowest BCUT2D eigenvalue weighted by Gasteiger charge is -2.29. The molecule has 0 bridgehead atoms. The van der Waals surface area contributed by atoms with Gasteiger partial charge in [0, 0.05) is 57.8 Å². The van der Waals surface area contributed by atoms with E-state index in [0.717, 1.165) is 48.3 Å². The van der Waals surface area contributed by atoms with E-state index in [1.807, 2.05) is 110 Å². The first-order valence-corrected chi connectivity index (χ1v) is 22.7. The van der Waals surface area contributed by atoms with Gasteiger partial charge in [-0.15, -0.1) is 0 Å². The minimum absolute atomic E-state index is 0.270. The van der Waals surface area contributed by atoms with Gasteiger partial charge in [0.1, 0.15) is 0 Å². The van der Waals surface area contributed by atoms with Crippen LogP contribution in [0.25, 0.3) is 33.1 Å². The normalized spacial score (nSPS) is 15.8. The molecule has 8 rings (SSSR count). The Labute approximate surface area is 371 Å². The standard InChI is InChI=1S/C32H32N2.C12H11N.C6H8.4C2H6/c1-4-6-15-25(13-5-2)23-33-24(3)14-12-16-26-21-29-28-19-10-11-20-30(28)34(32(29)22-31(26)33)27-17-8-7-9-18-27;1-10-6-4-5-9-13-12-8-3-2-7-11(10)12;1-6-4-2-3-5-6;4*1-2/h4-8,10-15,17,19-22,25H,1,3,9,16,18,23H2,2H3;2-9,13H,1H2;2-4H,5H2,1H3;4*1-2H3/b13-5-,15-6-;6-4-,9-5-;;;;;. The lowest BCUT2D eigenvalue weighted by atomic mass is 10.0. The minimum Gasteiger partial charge on any atom is -0.361 e. The topological polar surface area (TPSA) is 20.2 Å². The molecule has 1 unspecified atom stereocenters. The van der Waals surface area contributed by atoms with Gasteiger partial charge in [0.25, 0.3) is 0 Å². The first-order valence-electron chi connectivity index (χ1n) is 22.7. The maximum Gasteiger partial charge on any atom is 0.0558 e. The van der Waals surface area contributed by atoms with Crippen molar-refractivity contribution < 1.29 is 0 Å². The Hall–Kier alpha value is -6.06. The third-order valence-electron chi connectivity index (χ3n) is 9.74. The van der Waals surface area contributed by atoms with Crippen LogP contribution >= 0.6 is 0 Å². The minimum atomic E-state index is 0.270. The van der Waals surface area contributed by atoms with Crippen LogP contribution < -0.4 is 10.2 Å². The molecule has 1 atom stereocenters. The zero-order chi connectivity index (χ0) is 45.0. The molecule has 1 N–H and O–H groups in total. The third kappa shape index (κ3) is 14.6. The lowest BCUT2D eigenvalue weighted by Crippen LogP contribution is -2.27. The van der Waals surface area contributed by atoms with Crippen molar-refractivity contribution in [1.82, 2.24) is 4.57 Å².